The number of carbonyl (C=O) groups is 2. The number of carbonyl (C=O) groups excluding carboxylic acids is 2. The smallest absolute Gasteiger partial charge is 0.246 e. The Kier molecular flexibility index (Phi) is 5.38. The van der Waals surface area contributed by atoms with Crippen LogP contribution in [-0.2, 0) is 9.59 Å². The van der Waals surface area contributed by atoms with Gasteiger partial charge in [-0.2, -0.15) is 5.26 Å². The van der Waals surface area contributed by atoms with E-state index in [-0.39, 0.29) is 18.2 Å². The van der Waals surface area contributed by atoms with E-state index in [1.165, 1.54) is 18.4 Å². The Hall–Kier alpha value is -1.83. The van der Waals surface area contributed by atoms with E-state index >= 15 is 0 Å². The standard InChI is InChI=1S/C16H23N3O2/c1-12(14-2-3-14)10-16(21)19-8-5-13(6-9-19)11-18-15(20)4-7-17/h10,13-14H,2-6,8-9,11H2,1H3,(H,18,20)/b12-10+. The van der Waals surface area contributed by atoms with Gasteiger partial charge in [-0.05, 0) is 44.4 Å². The number of rotatable bonds is 5. The van der Waals surface area contributed by atoms with Crippen molar-refractivity contribution in [3.63, 3.8) is 0 Å². The van der Waals surface area contributed by atoms with Gasteiger partial charge in [0.25, 0.3) is 0 Å². The highest BCUT2D eigenvalue weighted by molar-refractivity contribution is 5.88. The number of likely N-dealkylation sites (tertiary alicyclic amines) is 1. The number of nitriles is 1. The fourth-order valence-corrected chi connectivity index (χ4v) is 2.69. The van der Waals surface area contributed by atoms with Crippen LogP contribution in [0.2, 0.25) is 0 Å². The number of piperidine rings is 1. The monoisotopic (exact) mass is 289 g/mol. The van der Waals surface area contributed by atoms with Crippen LogP contribution >= 0.6 is 0 Å². The fourth-order valence-electron chi connectivity index (χ4n) is 2.69. The maximum absolute atomic E-state index is 12.1. The van der Waals surface area contributed by atoms with Crippen molar-refractivity contribution in [2.24, 2.45) is 11.8 Å². The molecular weight excluding hydrogens is 266 g/mol. The second-order valence-electron chi connectivity index (χ2n) is 6.07. The zero-order valence-corrected chi connectivity index (χ0v) is 12.6. The predicted octanol–water partition coefficient (Wildman–Crippen LogP) is 1.61. The van der Waals surface area contributed by atoms with Crippen molar-refractivity contribution in [1.29, 1.82) is 5.26 Å². The number of nitrogens with one attached hydrogen (secondary N) is 1. The van der Waals surface area contributed by atoms with E-state index < -0.39 is 0 Å². The molecule has 0 atom stereocenters. The van der Waals surface area contributed by atoms with Crippen molar-refractivity contribution in [3.05, 3.63) is 11.6 Å². The summed E-state index contributed by atoms with van der Waals surface area (Å²) in [6, 6.07) is 1.84. The molecule has 0 aromatic carbocycles. The quantitative estimate of drug-likeness (QED) is 0.781. The average Bonchev–Trinajstić information content (AvgIpc) is 3.30. The lowest BCUT2D eigenvalue weighted by Crippen LogP contribution is -2.41. The second kappa shape index (κ2) is 7.26. The van der Waals surface area contributed by atoms with Crippen LogP contribution in [0.4, 0.5) is 0 Å². The number of amides is 2. The van der Waals surface area contributed by atoms with Crippen LogP contribution in [0.25, 0.3) is 0 Å². The molecule has 2 amide bonds. The van der Waals surface area contributed by atoms with Crippen LogP contribution < -0.4 is 5.32 Å². The van der Waals surface area contributed by atoms with E-state index in [0.717, 1.165) is 25.9 Å². The van der Waals surface area contributed by atoms with E-state index in [1.54, 1.807) is 6.08 Å². The predicted molar refractivity (Wildman–Crippen MR) is 79.0 cm³/mol. The number of hydrogen-bond acceptors (Lipinski definition) is 3. The Morgan fingerprint density at radius 3 is 2.52 bits per heavy atom. The molecule has 0 spiro atoms. The van der Waals surface area contributed by atoms with Gasteiger partial charge in [-0.25, -0.2) is 0 Å². The Balaban J connectivity index is 1.70. The highest BCUT2D eigenvalue weighted by atomic mass is 16.2. The summed E-state index contributed by atoms with van der Waals surface area (Å²) in [6.45, 7) is 4.17. The van der Waals surface area contributed by atoms with Gasteiger partial charge in [0.2, 0.25) is 11.8 Å². The summed E-state index contributed by atoms with van der Waals surface area (Å²) in [5.74, 6) is 0.970. The van der Waals surface area contributed by atoms with Crippen LogP contribution in [0.1, 0.15) is 39.0 Å². The zero-order chi connectivity index (χ0) is 15.2. The number of hydrogen-bond donors (Lipinski definition) is 1. The third-order valence-corrected chi connectivity index (χ3v) is 4.33. The molecule has 1 aliphatic heterocycles. The normalized spacial score (nSPS) is 20.0. The van der Waals surface area contributed by atoms with Crippen LogP contribution in [0.5, 0.6) is 0 Å². The van der Waals surface area contributed by atoms with Crippen LogP contribution in [0, 0.1) is 23.2 Å². The van der Waals surface area contributed by atoms with Gasteiger partial charge in [-0.15, -0.1) is 0 Å². The van der Waals surface area contributed by atoms with Crippen LogP contribution in [0.15, 0.2) is 11.6 Å². The van der Waals surface area contributed by atoms with Gasteiger partial charge in [-0.1, -0.05) is 5.57 Å². The first-order valence-electron chi connectivity index (χ1n) is 7.71. The molecule has 1 heterocycles. The first-order valence-corrected chi connectivity index (χ1v) is 7.71. The first-order chi connectivity index (χ1) is 10.1. The van der Waals surface area contributed by atoms with E-state index in [9.17, 15) is 9.59 Å². The van der Waals surface area contributed by atoms with Gasteiger partial charge in [0, 0.05) is 25.7 Å². The molecule has 1 N–H and O–H groups in total. The minimum atomic E-state index is -0.209. The Morgan fingerprint density at radius 2 is 1.95 bits per heavy atom. The molecular formula is C16H23N3O2. The molecule has 0 aromatic heterocycles. The third-order valence-electron chi connectivity index (χ3n) is 4.33. The van der Waals surface area contributed by atoms with Gasteiger partial charge in [-0.3, -0.25) is 9.59 Å². The lowest BCUT2D eigenvalue weighted by atomic mass is 9.96. The molecule has 0 aromatic rings. The molecule has 5 nitrogen and oxygen atoms in total. The molecule has 0 radical (unpaired) electrons. The molecule has 2 aliphatic rings. The molecule has 5 heteroatoms. The molecule has 2 fully saturated rings. The summed E-state index contributed by atoms with van der Waals surface area (Å²) in [5.41, 5.74) is 1.21. The lowest BCUT2D eigenvalue weighted by molar-refractivity contribution is -0.127. The first kappa shape index (κ1) is 15.6. The molecule has 1 aliphatic carbocycles. The maximum atomic E-state index is 12.1. The fraction of sp³-hybridized carbons (Fsp3) is 0.688. The summed E-state index contributed by atoms with van der Waals surface area (Å²) in [6.07, 6.45) is 5.99. The van der Waals surface area contributed by atoms with E-state index in [2.05, 4.69) is 5.32 Å². The van der Waals surface area contributed by atoms with Crippen molar-refractivity contribution < 1.29 is 9.59 Å². The average molecular weight is 289 g/mol. The van der Waals surface area contributed by atoms with Gasteiger partial charge in [0.15, 0.2) is 0 Å². The highest BCUT2D eigenvalue weighted by Gasteiger charge is 2.26. The van der Waals surface area contributed by atoms with Gasteiger partial charge in [0.1, 0.15) is 6.42 Å². The Bertz CT molecular complexity index is 466. The number of allylic oxidation sites excluding steroid dienone is 1. The van der Waals surface area contributed by atoms with Crippen molar-refractivity contribution >= 4 is 11.8 Å². The minimum absolute atomic E-state index is 0.0808. The molecule has 0 bridgehead atoms. The van der Waals surface area contributed by atoms with Gasteiger partial charge >= 0.3 is 0 Å². The highest BCUT2D eigenvalue weighted by Crippen LogP contribution is 2.36. The SMILES string of the molecule is C/C(=C\C(=O)N1CCC(CNC(=O)CC#N)CC1)C1CC1. The summed E-state index contributed by atoms with van der Waals surface area (Å²) in [4.78, 5) is 25.3. The van der Waals surface area contributed by atoms with E-state index in [0.29, 0.717) is 18.4 Å². The van der Waals surface area contributed by atoms with Crippen LogP contribution in [-0.4, -0.2) is 36.3 Å². The lowest BCUT2D eigenvalue weighted by Gasteiger charge is -2.31. The third kappa shape index (κ3) is 4.89. The molecule has 1 saturated heterocycles. The number of nitrogens with zero attached hydrogens (tertiary/aromatic N) is 2. The topological polar surface area (TPSA) is 73.2 Å². The van der Waals surface area contributed by atoms with E-state index in [1.807, 2.05) is 17.9 Å². The maximum Gasteiger partial charge on any atom is 0.246 e. The Morgan fingerprint density at radius 1 is 1.29 bits per heavy atom. The van der Waals surface area contributed by atoms with Crippen LogP contribution in [0.3, 0.4) is 0 Å². The van der Waals surface area contributed by atoms with Crippen molar-refractivity contribution in [1.82, 2.24) is 10.2 Å². The summed E-state index contributed by atoms with van der Waals surface area (Å²) in [5, 5.41) is 11.2. The second-order valence-corrected chi connectivity index (χ2v) is 6.07. The zero-order valence-electron chi connectivity index (χ0n) is 12.6. The largest absolute Gasteiger partial charge is 0.355 e. The van der Waals surface area contributed by atoms with Crippen molar-refractivity contribution in [3.8, 4) is 6.07 Å². The summed E-state index contributed by atoms with van der Waals surface area (Å²) < 4.78 is 0. The van der Waals surface area contributed by atoms with Crippen molar-refractivity contribution in [2.45, 2.75) is 39.0 Å². The van der Waals surface area contributed by atoms with Crippen molar-refractivity contribution in [2.75, 3.05) is 19.6 Å². The molecule has 21 heavy (non-hydrogen) atoms. The summed E-state index contributed by atoms with van der Waals surface area (Å²) in [7, 11) is 0. The minimum Gasteiger partial charge on any atom is -0.355 e. The molecule has 2 rings (SSSR count). The van der Waals surface area contributed by atoms with Gasteiger partial charge in [0.05, 0.1) is 6.07 Å². The molecule has 0 unspecified atom stereocenters. The summed E-state index contributed by atoms with van der Waals surface area (Å²) >= 11 is 0. The van der Waals surface area contributed by atoms with Gasteiger partial charge < -0.3 is 10.2 Å². The van der Waals surface area contributed by atoms with E-state index in [4.69, 9.17) is 5.26 Å². The molecule has 1 saturated carbocycles. The molecule has 114 valence electrons. The Labute approximate surface area is 126 Å².